The third kappa shape index (κ3) is 5.10. The Labute approximate surface area is 91.5 Å². The molecule has 0 aliphatic heterocycles. The zero-order valence-electron chi connectivity index (χ0n) is 9.61. The summed E-state index contributed by atoms with van der Waals surface area (Å²) >= 11 is 0. The summed E-state index contributed by atoms with van der Waals surface area (Å²) in [6.07, 6.45) is 0.213. The molecule has 15 heavy (non-hydrogen) atoms. The maximum atomic E-state index is 11.7. The van der Waals surface area contributed by atoms with Crippen LogP contribution in [0.15, 0.2) is 0 Å². The second-order valence-corrected chi connectivity index (χ2v) is 5.63. The topological polar surface area (TPSA) is 99.3 Å². The van der Waals surface area contributed by atoms with Gasteiger partial charge in [-0.15, -0.1) is 0 Å². The molecule has 4 N–H and O–H groups in total. The van der Waals surface area contributed by atoms with E-state index in [2.05, 4.69) is 4.72 Å². The van der Waals surface area contributed by atoms with Crippen molar-refractivity contribution >= 4 is 16.0 Å². The number of amidine groups is 1. The van der Waals surface area contributed by atoms with Crippen LogP contribution in [-0.4, -0.2) is 37.7 Å². The molecule has 0 radical (unpaired) electrons. The van der Waals surface area contributed by atoms with Crippen molar-refractivity contribution in [1.29, 1.82) is 5.41 Å². The highest BCUT2D eigenvalue weighted by Crippen LogP contribution is 2.03. The number of nitrogens with zero attached hydrogens (tertiary/aromatic N) is 1. The lowest BCUT2D eigenvalue weighted by Crippen LogP contribution is -2.46. The molecule has 1 unspecified atom stereocenters. The molecule has 0 saturated heterocycles. The maximum absolute atomic E-state index is 11.7. The molecule has 0 saturated carbocycles. The number of rotatable bonds is 6. The first-order valence-corrected chi connectivity index (χ1v) is 6.19. The second-order valence-electron chi connectivity index (χ2n) is 3.86. The number of hydrogen-bond acceptors (Lipinski definition) is 3. The molecule has 1 atom stereocenters. The minimum atomic E-state index is -3.47. The summed E-state index contributed by atoms with van der Waals surface area (Å²) in [4.78, 5) is 0. The summed E-state index contributed by atoms with van der Waals surface area (Å²) in [6, 6.07) is -0.472. The first-order chi connectivity index (χ1) is 6.66. The van der Waals surface area contributed by atoms with E-state index < -0.39 is 10.2 Å². The van der Waals surface area contributed by atoms with Crippen molar-refractivity contribution in [2.24, 2.45) is 5.73 Å². The molecular weight excluding hydrogens is 216 g/mol. The Kier molecular flexibility index (Phi) is 5.19. The maximum Gasteiger partial charge on any atom is 0.279 e. The summed E-state index contributed by atoms with van der Waals surface area (Å²) in [7, 11) is -1.97. The molecule has 0 aliphatic carbocycles. The van der Waals surface area contributed by atoms with E-state index in [9.17, 15) is 8.42 Å². The summed E-state index contributed by atoms with van der Waals surface area (Å²) in [5.74, 6) is -0.0302. The lowest BCUT2D eigenvalue weighted by Gasteiger charge is -2.23. The van der Waals surface area contributed by atoms with Gasteiger partial charge in [0.25, 0.3) is 10.2 Å². The van der Waals surface area contributed by atoms with E-state index in [0.29, 0.717) is 0 Å². The molecule has 0 aromatic heterocycles. The van der Waals surface area contributed by atoms with Gasteiger partial charge >= 0.3 is 0 Å². The van der Waals surface area contributed by atoms with Gasteiger partial charge in [0.1, 0.15) is 0 Å². The molecule has 0 rings (SSSR count). The number of hydrogen-bond donors (Lipinski definition) is 3. The summed E-state index contributed by atoms with van der Waals surface area (Å²) in [5.41, 5.74) is 5.18. The smallest absolute Gasteiger partial charge is 0.279 e. The van der Waals surface area contributed by atoms with Crippen molar-refractivity contribution < 1.29 is 8.42 Å². The Balaban J connectivity index is 4.45. The van der Waals surface area contributed by atoms with Crippen LogP contribution < -0.4 is 10.5 Å². The highest BCUT2D eigenvalue weighted by molar-refractivity contribution is 7.87. The Bertz CT molecular complexity index is 313. The lowest BCUT2D eigenvalue weighted by atomic mass is 10.2. The van der Waals surface area contributed by atoms with Crippen LogP contribution in [-0.2, 0) is 10.2 Å². The molecule has 0 spiro atoms. The molecule has 0 aromatic rings. The Morgan fingerprint density at radius 1 is 1.47 bits per heavy atom. The fourth-order valence-electron chi connectivity index (χ4n) is 0.986. The first kappa shape index (κ1) is 14.3. The quantitative estimate of drug-likeness (QED) is 0.442. The average Bonchev–Trinajstić information content (AvgIpc) is 1.99. The fraction of sp³-hybridized carbons (Fsp3) is 0.875. The van der Waals surface area contributed by atoms with Crippen molar-refractivity contribution in [1.82, 2.24) is 9.03 Å². The van der Waals surface area contributed by atoms with Crippen LogP contribution in [0.3, 0.4) is 0 Å². The lowest BCUT2D eigenvalue weighted by molar-refractivity contribution is 0.398. The van der Waals surface area contributed by atoms with Crippen LogP contribution in [0.5, 0.6) is 0 Å². The number of nitrogens with one attached hydrogen (secondary N) is 2. The van der Waals surface area contributed by atoms with Crippen molar-refractivity contribution in [2.45, 2.75) is 39.3 Å². The summed E-state index contributed by atoms with van der Waals surface area (Å²) < 4.78 is 27.0. The van der Waals surface area contributed by atoms with E-state index in [1.807, 2.05) is 0 Å². The Hall–Kier alpha value is -0.660. The van der Waals surface area contributed by atoms with Gasteiger partial charge in [-0.1, -0.05) is 0 Å². The molecule has 6 nitrogen and oxygen atoms in total. The molecule has 0 aliphatic rings. The Morgan fingerprint density at radius 3 is 2.27 bits per heavy atom. The van der Waals surface area contributed by atoms with Crippen molar-refractivity contribution in [2.75, 3.05) is 7.05 Å². The standard InChI is InChI=1S/C8H20N4O2S/c1-6(2)12(4)15(13,14)11-7(3)5-8(9)10/h6-7,11H,5H2,1-4H3,(H3,9,10). The van der Waals surface area contributed by atoms with Gasteiger partial charge in [-0.3, -0.25) is 5.41 Å². The van der Waals surface area contributed by atoms with E-state index in [-0.39, 0.29) is 24.3 Å². The fourth-order valence-corrected chi connectivity index (χ4v) is 2.30. The molecule has 0 aromatic carbocycles. The molecular formula is C8H20N4O2S. The monoisotopic (exact) mass is 236 g/mol. The van der Waals surface area contributed by atoms with Gasteiger partial charge in [-0.05, 0) is 20.8 Å². The van der Waals surface area contributed by atoms with Crippen molar-refractivity contribution in [3.05, 3.63) is 0 Å². The van der Waals surface area contributed by atoms with Crippen LogP contribution in [0.1, 0.15) is 27.2 Å². The summed E-state index contributed by atoms with van der Waals surface area (Å²) in [6.45, 7) is 5.25. The third-order valence-electron chi connectivity index (χ3n) is 1.98. The predicted octanol–water partition coefficient (Wildman–Crippen LogP) is -0.124. The second kappa shape index (κ2) is 5.43. The van der Waals surface area contributed by atoms with Crippen LogP contribution in [0.25, 0.3) is 0 Å². The predicted molar refractivity (Wildman–Crippen MR) is 60.9 cm³/mol. The minimum Gasteiger partial charge on any atom is -0.388 e. The molecule has 0 heterocycles. The van der Waals surface area contributed by atoms with Crippen LogP contribution in [0, 0.1) is 5.41 Å². The zero-order chi connectivity index (χ0) is 12.2. The van der Waals surface area contributed by atoms with Gasteiger partial charge < -0.3 is 5.73 Å². The van der Waals surface area contributed by atoms with E-state index in [1.165, 1.54) is 11.4 Å². The molecule has 90 valence electrons. The van der Waals surface area contributed by atoms with Gasteiger partial charge in [-0.25, -0.2) is 0 Å². The Morgan fingerprint density at radius 2 is 1.93 bits per heavy atom. The molecule has 7 heteroatoms. The van der Waals surface area contributed by atoms with E-state index in [4.69, 9.17) is 11.1 Å². The van der Waals surface area contributed by atoms with Crippen LogP contribution >= 0.6 is 0 Å². The average molecular weight is 236 g/mol. The molecule has 0 bridgehead atoms. The zero-order valence-corrected chi connectivity index (χ0v) is 10.4. The normalized spacial score (nSPS) is 14.5. The minimum absolute atomic E-state index is 0.0302. The molecule has 0 amide bonds. The van der Waals surface area contributed by atoms with E-state index in [0.717, 1.165) is 0 Å². The van der Waals surface area contributed by atoms with E-state index >= 15 is 0 Å². The van der Waals surface area contributed by atoms with Gasteiger partial charge in [-0.2, -0.15) is 17.4 Å². The van der Waals surface area contributed by atoms with Gasteiger partial charge in [0.2, 0.25) is 0 Å². The van der Waals surface area contributed by atoms with Gasteiger partial charge in [0.05, 0.1) is 5.84 Å². The van der Waals surface area contributed by atoms with E-state index in [1.54, 1.807) is 20.8 Å². The highest BCUT2D eigenvalue weighted by Gasteiger charge is 2.22. The van der Waals surface area contributed by atoms with Gasteiger partial charge in [0, 0.05) is 25.6 Å². The highest BCUT2D eigenvalue weighted by atomic mass is 32.2. The molecule has 0 fully saturated rings. The SMILES string of the molecule is CC(CC(=N)N)NS(=O)(=O)N(C)C(C)C. The third-order valence-corrected chi connectivity index (χ3v) is 3.86. The van der Waals surface area contributed by atoms with Crippen molar-refractivity contribution in [3.63, 3.8) is 0 Å². The van der Waals surface area contributed by atoms with Gasteiger partial charge in [0.15, 0.2) is 0 Å². The number of nitrogens with two attached hydrogens (primary N) is 1. The largest absolute Gasteiger partial charge is 0.388 e. The van der Waals surface area contributed by atoms with Crippen molar-refractivity contribution in [3.8, 4) is 0 Å². The first-order valence-electron chi connectivity index (χ1n) is 4.75. The van der Waals surface area contributed by atoms with Crippen LogP contribution in [0.4, 0.5) is 0 Å². The summed E-state index contributed by atoms with van der Waals surface area (Å²) in [5, 5.41) is 7.05. The van der Waals surface area contributed by atoms with Crippen LogP contribution in [0.2, 0.25) is 0 Å².